The van der Waals surface area contributed by atoms with Crippen LogP contribution in [-0.2, 0) is 0 Å². The molecule has 1 aliphatic carbocycles. The predicted molar refractivity (Wildman–Crippen MR) is 65.6 cm³/mol. The van der Waals surface area contributed by atoms with Gasteiger partial charge in [0, 0.05) is 24.4 Å². The molecule has 0 aliphatic heterocycles. The summed E-state index contributed by atoms with van der Waals surface area (Å²) in [6.45, 7) is 0.822. The third-order valence-electron chi connectivity index (χ3n) is 2.54. The summed E-state index contributed by atoms with van der Waals surface area (Å²) in [7, 11) is 0. The molecule has 82 valence electrons. The number of nitrogens with one attached hydrogen (secondary N) is 2. The molecule has 0 aromatic carbocycles. The average Bonchev–Trinajstić information content (AvgIpc) is 2.21. The van der Waals surface area contributed by atoms with Crippen LogP contribution < -0.4 is 10.6 Å². The van der Waals surface area contributed by atoms with E-state index in [9.17, 15) is 0 Å². The van der Waals surface area contributed by atoms with Crippen molar-refractivity contribution in [1.29, 1.82) is 0 Å². The summed E-state index contributed by atoms with van der Waals surface area (Å²) in [6.07, 6.45) is 5.42. The highest BCUT2D eigenvalue weighted by Crippen LogP contribution is 2.22. The van der Waals surface area contributed by atoms with Gasteiger partial charge in [0.15, 0.2) is 0 Å². The molecule has 0 unspecified atom stereocenters. The van der Waals surface area contributed by atoms with Crippen molar-refractivity contribution in [3.8, 4) is 0 Å². The van der Waals surface area contributed by atoms with Crippen LogP contribution in [0.5, 0.6) is 0 Å². The number of rotatable bonds is 5. The van der Waals surface area contributed by atoms with Gasteiger partial charge in [0.05, 0.1) is 0 Å². The van der Waals surface area contributed by atoms with Crippen molar-refractivity contribution in [2.45, 2.75) is 25.3 Å². The quantitative estimate of drug-likeness (QED) is 0.667. The van der Waals surface area contributed by atoms with Gasteiger partial charge in [-0.25, -0.2) is 9.97 Å². The van der Waals surface area contributed by atoms with Gasteiger partial charge in [0.25, 0.3) is 0 Å². The van der Waals surface area contributed by atoms with Crippen molar-refractivity contribution < 1.29 is 0 Å². The second-order valence-corrected chi connectivity index (χ2v) is 4.16. The van der Waals surface area contributed by atoms with E-state index in [2.05, 4.69) is 33.2 Å². The Labute approximate surface area is 95.3 Å². The standard InChI is InChI=1S/C10H16N4S/c15-5-4-11-9-6-10(13-7-12-9)14-8-2-1-3-8/h6-8,15H,1-5H2,(H2,11,12,13,14). The number of nitrogens with zero attached hydrogens (tertiary/aromatic N) is 2. The molecule has 0 amide bonds. The van der Waals surface area contributed by atoms with Crippen LogP contribution in [0.15, 0.2) is 12.4 Å². The third kappa shape index (κ3) is 2.99. The third-order valence-corrected chi connectivity index (χ3v) is 2.77. The van der Waals surface area contributed by atoms with E-state index in [1.165, 1.54) is 19.3 Å². The van der Waals surface area contributed by atoms with E-state index in [1.807, 2.05) is 6.07 Å². The van der Waals surface area contributed by atoms with Crippen molar-refractivity contribution in [3.05, 3.63) is 12.4 Å². The number of thiol groups is 1. The fourth-order valence-corrected chi connectivity index (χ4v) is 1.59. The lowest BCUT2D eigenvalue weighted by Crippen LogP contribution is -2.27. The predicted octanol–water partition coefficient (Wildman–Crippen LogP) is 1.78. The molecule has 1 aromatic rings. The number of hydrogen-bond acceptors (Lipinski definition) is 5. The van der Waals surface area contributed by atoms with Gasteiger partial charge in [-0.2, -0.15) is 12.6 Å². The Morgan fingerprint density at radius 1 is 1.33 bits per heavy atom. The molecule has 5 heteroatoms. The van der Waals surface area contributed by atoms with E-state index in [0.717, 1.165) is 23.9 Å². The first-order valence-electron chi connectivity index (χ1n) is 5.32. The Hall–Kier alpha value is -0.970. The fourth-order valence-electron chi connectivity index (χ4n) is 1.48. The van der Waals surface area contributed by atoms with Gasteiger partial charge in [0.1, 0.15) is 18.0 Å². The summed E-state index contributed by atoms with van der Waals surface area (Å²) in [4.78, 5) is 8.32. The van der Waals surface area contributed by atoms with E-state index in [4.69, 9.17) is 0 Å². The molecule has 4 nitrogen and oxygen atoms in total. The van der Waals surface area contributed by atoms with Gasteiger partial charge >= 0.3 is 0 Å². The summed E-state index contributed by atoms with van der Waals surface area (Å²) in [5.41, 5.74) is 0. The van der Waals surface area contributed by atoms with Gasteiger partial charge in [0.2, 0.25) is 0 Å². The number of anilines is 2. The Kier molecular flexibility index (Phi) is 3.66. The molecule has 1 fully saturated rings. The molecule has 15 heavy (non-hydrogen) atoms. The number of hydrogen-bond donors (Lipinski definition) is 3. The minimum Gasteiger partial charge on any atom is -0.369 e. The zero-order valence-electron chi connectivity index (χ0n) is 8.61. The maximum Gasteiger partial charge on any atom is 0.131 e. The topological polar surface area (TPSA) is 49.8 Å². The normalized spacial score (nSPS) is 15.8. The molecule has 1 aliphatic rings. The molecule has 1 aromatic heterocycles. The van der Waals surface area contributed by atoms with Crippen molar-refractivity contribution in [1.82, 2.24) is 9.97 Å². The van der Waals surface area contributed by atoms with Crippen LogP contribution in [0.1, 0.15) is 19.3 Å². The van der Waals surface area contributed by atoms with Crippen LogP contribution in [0.2, 0.25) is 0 Å². The lowest BCUT2D eigenvalue weighted by atomic mass is 9.93. The molecule has 1 saturated carbocycles. The molecule has 1 heterocycles. The van der Waals surface area contributed by atoms with Gasteiger partial charge < -0.3 is 10.6 Å². The number of aromatic nitrogens is 2. The molecule has 0 spiro atoms. The first kappa shape index (κ1) is 10.5. The van der Waals surface area contributed by atoms with E-state index in [1.54, 1.807) is 6.33 Å². The van der Waals surface area contributed by atoms with E-state index < -0.39 is 0 Å². The van der Waals surface area contributed by atoms with Crippen LogP contribution in [0.4, 0.5) is 11.6 Å². The zero-order chi connectivity index (χ0) is 10.5. The minimum atomic E-state index is 0.609. The maximum atomic E-state index is 4.19. The Bertz CT molecular complexity index is 314. The van der Waals surface area contributed by atoms with E-state index in [0.29, 0.717) is 6.04 Å². The zero-order valence-corrected chi connectivity index (χ0v) is 9.50. The van der Waals surface area contributed by atoms with Crippen molar-refractivity contribution in [2.75, 3.05) is 22.9 Å². The lowest BCUT2D eigenvalue weighted by Gasteiger charge is -2.26. The minimum absolute atomic E-state index is 0.609. The molecule has 2 N–H and O–H groups in total. The van der Waals surface area contributed by atoms with Crippen LogP contribution in [0.25, 0.3) is 0 Å². The van der Waals surface area contributed by atoms with Crippen LogP contribution in [-0.4, -0.2) is 28.3 Å². The van der Waals surface area contributed by atoms with Crippen molar-refractivity contribution in [3.63, 3.8) is 0 Å². The summed E-state index contributed by atoms with van der Waals surface area (Å²) in [6, 6.07) is 2.56. The van der Waals surface area contributed by atoms with Gasteiger partial charge in [-0.05, 0) is 19.3 Å². The molecule has 0 atom stereocenters. The fraction of sp³-hybridized carbons (Fsp3) is 0.600. The molecule has 2 rings (SSSR count). The van der Waals surface area contributed by atoms with Crippen LogP contribution >= 0.6 is 12.6 Å². The first-order chi connectivity index (χ1) is 7.38. The van der Waals surface area contributed by atoms with Crippen LogP contribution in [0.3, 0.4) is 0 Å². The Morgan fingerprint density at radius 2 is 2.13 bits per heavy atom. The highest BCUT2D eigenvalue weighted by molar-refractivity contribution is 7.80. The monoisotopic (exact) mass is 224 g/mol. The first-order valence-corrected chi connectivity index (χ1v) is 5.95. The summed E-state index contributed by atoms with van der Waals surface area (Å²) >= 11 is 4.14. The lowest BCUT2D eigenvalue weighted by molar-refractivity contribution is 0.444. The molecule has 0 radical (unpaired) electrons. The van der Waals surface area contributed by atoms with Gasteiger partial charge in [-0.1, -0.05) is 0 Å². The molecular formula is C10H16N4S. The molecule has 0 bridgehead atoms. The second kappa shape index (κ2) is 5.21. The second-order valence-electron chi connectivity index (χ2n) is 3.71. The average molecular weight is 224 g/mol. The Morgan fingerprint density at radius 3 is 2.80 bits per heavy atom. The maximum absolute atomic E-state index is 4.19. The van der Waals surface area contributed by atoms with E-state index in [-0.39, 0.29) is 0 Å². The SMILES string of the molecule is SCCNc1cc(NC2CCC2)ncn1. The van der Waals surface area contributed by atoms with Crippen molar-refractivity contribution in [2.24, 2.45) is 0 Å². The van der Waals surface area contributed by atoms with Gasteiger partial charge in [-0.15, -0.1) is 0 Å². The summed E-state index contributed by atoms with van der Waals surface area (Å²) in [5.74, 6) is 2.58. The highest BCUT2D eigenvalue weighted by atomic mass is 32.1. The molecule has 0 saturated heterocycles. The highest BCUT2D eigenvalue weighted by Gasteiger charge is 2.17. The summed E-state index contributed by atoms with van der Waals surface area (Å²) in [5, 5.41) is 6.56. The van der Waals surface area contributed by atoms with E-state index >= 15 is 0 Å². The Balaban J connectivity index is 1.92. The smallest absolute Gasteiger partial charge is 0.131 e. The van der Waals surface area contributed by atoms with Crippen molar-refractivity contribution >= 4 is 24.3 Å². The van der Waals surface area contributed by atoms with Crippen LogP contribution in [0, 0.1) is 0 Å². The molecular weight excluding hydrogens is 208 g/mol. The largest absolute Gasteiger partial charge is 0.369 e. The summed E-state index contributed by atoms with van der Waals surface area (Å²) < 4.78 is 0. The van der Waals surface area contributed by atoms with Gasteiger partial charge in [-0.3, -0.25) is 0 Å².